The van der Waals surface area contributed by atoms with E-state index in [9.17, 15) is 0 Å². The van der Waals surface area contributed by atoms with Crippen molar-refractivity contribution in [3.8, 4) is 22.3 Å². The Bertz CT molecular complexity index is 2250. The van der Waals surface area contributed by atoms with Crippen molar-refractivity contribution in [3.63, 3.8) is 0 Å². The molecule has 0 bridgehead atoms. The smallest absolute Gasteiger partial charge is 0.173 e. The van der Waals surface area contributed by atoms with Gasteiger partial charge in [-0.1, -0.05) is 109 Å². The van der Waals surface area contributed by atoms with Crippen molar-refractivity contribution in [2.24, 2.45) is 7.05 Å². The van der Waals surface area contributed by atoms with Crippen LogP contribution in [-0.4, -0.2) is 4.98 Å². The Kier molecular flexibility index (Phi) is 14.4. The van der Waals surface area contributed by atoms with Gasteiger partial charge in [-0.15, -0.1) is 23.5 Å². The molecule has 0 atom stereocenters. The Labute approximate surface area is 351 Å². The second kappa shape index (κ2) is 20.0. The molecule has 0 unspecified atom stereocenters. The van der Waals surface area contributed by atoms with Gasteiger partial charge in [-0.2, -0.15) is 0 Å². The molecule has 55 heavy (non-hydrogen) atoms. The van der Waals surface area contributed by atoms with Crippen LogP contribution in [0.4, 0.5) is 0 Å². The van der Waals surface area contributed by atoms with E-state index in [0.717, 1.165) is 24.6 Å². The molecule has 276 valence electrons. The maximum atomic E-state index is 4.12. The molecule has 2 aliphatic heterocycles. The van der Waals surface area contributed by atoms with Gasteiger partial charge in [-0.3, -0.25) is 4.98 Å². The van der Waals surface area contributed by atoms with E-state index in [2.05, 4.69) is 152 Å². The van der Waals surface area contributed by atoms with Gasteiger partial charge in [0.25, 0.3) is 0 Å². The van der Waals surface area contributed by atoms with Crippen LogP contribution >= 0.6 is 70.6 Å². The van der Waals surface area contributed by atoms with Crippen LogP contribution in [0.1, 0.15) is 36.1 Å². The van der Waals surface area contributed by atoms with Gasteiger partial charge < -0.3 is 0 Å². The molecule has 2 aromatic carbocycles. The van der Waals surface area contributed by atoms with Crippen molar-refractivity contribution in [2.75, 3.05) is 0 Å². The molecule has 0 fully saturated rings. The molecule has 0 amide bonds. The molecule has 0 spiro atoms. The summed E-state index contributed by atoms with van der Waals surface area (Å²) in [4.78, 5) is 4.12. The Hall–Kier alpha value is -3.64. The number of aryl methyl sites for hydroxylation is 1. The summed E-state index contributed by atoms with van der Waals surface area (Å²) < 4.78 is 12.1. The van der Waals surface area contributed by atoms with Crippen molar-refractivity contribution in [1.29, 1.82) is 0 Å². The van der Waals surface area contributed by atoms with E-state index in [1.165, 1.54) is 61.5 Å². The van der Waals surface area contributed by atoms with E-state index in [0.29, 0.717) is 0 Å². The zero-order chi connectivity index (χ0) is 37.8. The van der Waals surface area contributed by atoms with Crippen molar-refractivity contribution in [3.05, 3.63) is 197 Å². The third-order valence-corrected chi connectivity index (χ3v) is 16.8. The fourth-order valence-electron chi connectivity index (χ4n) is 5.75. The molecule has 0 saturated heterocycles. The summed E-state index contributed by atoms with van der Waals surface area (Å²) in [6.07, 6.45) is 16.5. The summed E-state index contributed by atoms with van der Waals surface area (Å²) in [5, 5.41) is 4.64. The molecular formula is C45H43N4S6+3. The van der Waals surface area contributed by atoms with E-state index >= 15 is 0 Å². The fourth-order valence-corrected chi connectivity index (χ4v) is 13.3. The zero-order valence-corrected chi connectivity index (χ0v) is 36.0. The van der Waals surface area contributed by atoms with Crippen LogP contribution < -0.4 is 13.7 Å². The fraction of sp³-hybridized carbons (Fsp3) is 0.156. The highest BCUT2D eigenvalue weighted by molar-refractivity contribution is 8.39. The van der Waals surface area contributed by atoms with Gasteiger partial charge in [0.15, 0.2) is 50.3 Å². The molecule has 0 aliphatic carbocycles. The number of nitrogens with zero attached hydrogens (tertiary/aromatic N) is 4. The second-order valence-electron chi connectivity index (χ2n) is 12.6. The monoisotopic (exact) mass is 831 g/mol. The summed E-state index contributed by atoms with van der Waals surface area (Å²) in [5.74, 6) is 1.96. The van der Waals surface area contributed by atoms with Gasteiger partial charge in [-0.05, 0) is 56.3 Å². The van der Waals surface area contributed by atoms with Gasteiger partial charge in [0, 0.05) is 71.4 Å². The highest BCUT2D eigenvalue weighted by Gasteiger charge is 2.22. The number of hydrogen-bond acceptors (Lipinski definition) is 7. The molecule has 0 N–H and O–H groups in total. The number of rotatable bonds is 12. The zero-order valence-electron chi connectivity index (χ0n) is 31.1. The Morgan fingerprint density at radius 2 is 0.836 bits per heavy atom. The predicted octanol–water partition coefficient (Wildman–Crippen LogP) is 11.8. The molecule has 2 aliphatic rings. The average Bonchev–Trinajstić information content (AvgIpc) is 3.93. The quantitative estimate of drug-likeness (QED) is 0.113. The molecule has 6 aromatic rings. The first-order valence-electron chi connectivity index (χ1n) is 18.2. The number of aromatic nitrogens is 4. The van der Waals surface area contributed by atoms with E-state index in [1.54, 1.807) is 0 Å². The van der Waals surface area contributed by atoms with Crippen LogP contribution in [0, 0.1) is 0 Å². The molecule has 0 saturated carbocycles. The molecule has 10 heteroatoms. The Morgan fingerprint density at radius 1 is 0.473 bits per heavy atom. The van der Waals surface area contributed by atoms with Crippen molar-refractivity contribution in [2.45, 2.75) is 38.4 Å². The maximum absolute atomic E-state index is 4.12. The first-order valence-corrected chi connectivity index (χ1v) is 23.6. The minimum absolute atomic E-state index is 0.860. The van der Waals surface area contributed by atoms with Gasteiger partial charge in [0.2, 0.25) is 0 Å². The number of benzene rings is 2. The summed E-state index contributed by atoms with van der Waals surface area (Å²) in [6.45, 7) is 5.73. The van der Waals surface area contributed by atoms with Crippen LogP contribution in [0.2, 0.25) is 0 Å². The van der Waals surface area contributed by atoms with Crippen LogP contribution in [0.25, 0.3) is 22.3 Å². The van der Waals surface area contributed by atoms with E-state index in [1.807, 2.05) is 116 Å². The van der Waals surface area contributed by atoms with Gasteiger partial charge in [0.1, 0.15) is 7.05 Å². The van der Waals surface area contributed by atoms with Gasteiger partial charge in [0.05, 0.1) is 16.9 Å². The molecular weight excluding hydrogens is 789 g/mol. The first-order chi connectivity index (χ1) is 27.1. The summed E-state index contributed by atoms with van der Waals surface area (Å²) in [5.41, 5.74) is 10.2. The lowest BCUT2D eigenvalue weighted by molar-refractivity contribution is -0.688. The van der Waals surface area contributed by atoms with E-state index in [-0.39, 0.29) is 0 Å². The molecule has 4 aromatic heterocycles. The van der Waals surface area contributed by atoms with E-state index < -0.39 is 0 Å². The minimum Gasteiger partial charge on any atom is -0.265 e. The molecule has 0 radical (unpaired) electrons. The Balaban J connectivity index is 0.00000229. The standard InChI is InChI=1S/C43H37N4S6.C2H6/c1-45-20-12-37(13-21-45)39-16-24-47(25-17-39)27-33-4-8-35(9-5-33)29-49-41-31-51-43(53-41)42-50-30-40(52-42)48-28-34-6-2-32(3-7-34)26-46-22-14-38(15-23-46)36-10-18-44-19-11-36;1-2/h2-25,30-31H,26-29H2,1H3;1-2H3/q+3;/b43-42+;. The highest BCUT2D eigenvalue weighted by Crippen LogP contribution is 2.59. The van der Waals surface area contributed by atoms with Crippen LogP contribution in [0.5, 0.6) is 0 Å². The van der Waals surface area contributed by atoms with Crippen LogP contribution in [-0.2, 0) is 31.6 Å². The molecule has 8 rings (SSSR count). The normalized spacial score (nSPS) is 15.0. The van der Waals surface area contributed by atoms with Crippen LogP contribution in [0.15, 0.2) is 174 Å². The third-order valence-electron chi connectivity index (χ3n) is 8.72. The SMILES string of the molecule is CC.C[n+]1ccc(-c2cc[n+](Cc3ccc(CSC4=CS/C(=C5/SC=C(SCc6ccc(C[n+]7ccc(-c8ccncc8)cc7)cc6)S5)S4)cc3)cc2)cc1. The number of thioether (sulfide) groups is 6. The lowest BCUT2D eigenvalue weighted by atomic mass is 10.1. The van der Waals surface area contributed by atoms with Crippen molar-refractivity contribution < 1.29 is 13.7 Å². The predicted molar refractivity (Wildman–Crippen MR) is 242 cm³/mol. The van der Waals surface area contributed by atoms with E-state index in [4.69, 9.17) is 0 Å². The summed E-state index contributed by atoms with van der Waals surface area (Å²) >= 11 is 11.5. The second-order valence-corrected chi connectivity index (χ2v) is 19.5. The Morgan fingerprint density at radius 3 is 1.25 bits per heavy atom. The largest absolute Gasteiger partial charge is 0.265 e. The lowest BCUT2D eigenvalue weighted by Gasteiger charge is -2.06. The highest BCUT2D eigenvalue weighted by atomic mass is 32.2. The number of pyridine rings is 4. The molecule has 4 nitrogen and oxygen atoms in total. The van der Waals surface area contributed by atoms with Gasteiger partial charge in [-0.25, -0.2) is 13.7 Å². The van der Waals surface area contributed by atoms with Crippen molar-refractivity contribution in [1.82, 2.24) is 4.98 Å². The average molecular weight is 832 g/mol. The summed E-state index contributed by atoms with van der Waals surface area (Å²) in [7, 11) is 2.04. The molecule has 6 heterocycles. The number of hydrogen-bond donors (Lipinski definition) is 0. The third kappa shape index (κ3) is 11.2. The topological polar surface area (TPSA) is 24.5 Å². The summed E-state index contributed by atoms with van der Waals surface area (Å²) in [6, 6.07) is 35.3. The van der Waals surface area contributed by atoms with Crippen LogP contribution in [0.3, 0.4) is 0 Å². The first kappa shape index (κ1) is 39.6. The lowest BCUT2D eigenvalue weighted by Crippen LogP contribution is -2.33. The van der Waals surface area contributed by atoms with Gasteiger partial charge >= 0.3 is 0 Å². The minimum atomic E-state index is 0.860. The van der Waals surface area contributed by atoms with Crippen molar-refractivity contribution >= 4 is 70.6 Å². The maximum Gasteiger partial charge on any atom is 0.173 e.